The molecule has 2 rings (SSSR count). The van der Waals surface area contributed by atoms with Crippen LogP contribution in [0.25, 0.3) is 10.8 Å². The Morgan fingerprint density at radius 1 is 1.57 bits per heavy atom. The molecule has 0 spiro atoms. The molecule has 1 unspecified atom stereocenters. The van der Waals surface area contributed by atoms with Crippen molar-refractivity contribution in [2.75, 3.05) is 0 Å². The second kappa shape index (κ2) is 3.51. The van der Waals surface area contributed by atoms with Crippen molar-refractivity contribution in [3.63, 3.8) is 0 Å². The number of aromatic nitrogens is 2. The molecule has 0 fully saturated rings. The summed E-state index contributed by atoms with van der Waals surface area (Å²) < 4.78 is 5.04. The van der Waals surface area contributed by atoms with Crippen LogP contribution in [0, 0.1) is 6.92 Å². The number of aliphatic hydroxyl groups is 1. The van der Waals surface area contributed by atoms with Crippen LogP contribution < -0.4 is 0 Å². The van der Waals surface area contributed by atoms with Crippen LogP contribution in [0.4, 0.5) is 0 Å². The standard InChI is InChI=1S/C9H10N2O2S/c1-5-3-4-14-7(5)9-10-8(6(2)12)11-13-9/h3-4,6,12H,1-2H3. The monoisotopic (exact) mass is 210 g/mol. The second-order valence-corrected chi connectivity index (χ2v) is 3.98. The van der Waals surface area contributed by atoms with Crippen LogP contribution in [0.1, 0.15) is 24.4 Å². The van der Waals surface area contributed by atoms with Crippen LogP contribution in [-0.4, -0.2) is 15.2 Å². The van der Waals surface area contributed by atoms with Crippen molar-refractivity contribution < 1.29 is 9.63 Å². The van der Waals surface area contributed by atoms with Crippen molar-refractivity contribution in [1.82, 2.24) is 10.1 Å². The van der Waals surface area contributed by atoms with Gasteiger partial charge in [-0.05, 0) is 30.9 Å². The fraction of sp³-hybridized carbons (Fsp3) is 0.333. The lowest BCUT2D eigenvalue weighted by Gasteiger charge is -1.92. The summed E-state index contributed by atoms with van der Waals surface area (Å²) in [4.78, 5) is 5.06. The summed E-state index contributed by atoms with van der Waals surface area (Å²) >= 11 is 1.55. The van der Waals surface area contributed by atoms with Gasteiger partial charge in [0.25, 0.3) is 5.89 Å². The van der Waals surface area contributed by atoms with Crippen molar-refractivity contribution >= 4 is 11.3 Å². The average molecular weight is 210 g/mol. The zero-order valence-electron chi connectivity index (χ0n) is 7.89. The van der Waals surface area contributed by atoms with E-state index in [-0.39, 0.29) is 0 Å². The fourth-order valence-electron chi connectivity index (χ4n) is 1.09. The van der Waals surface area contributed by atoms with Crippen molar-refractivity contribution in [2.45, 2.75) is 20.0 Å². The van der Waals surface area contributed by atoms with Crippen molar-refractivity contribution in [3.8, 4) is 10.8 Å². The quantitative estimate of drug-likeness (QED) is 0.825. The summed E-state index contributed by atoms with van der Waals surface area (Å²) in [5, 5.41) is 14.9. The van der Waals surface area contributed by atoms with Crippen LogP contribution in [0.5, 0.6) is 0 Å². The zero-order chi connectivity index (χ0) is 10.1. The number of hydrogen-bond acceptors (Lipinski definition) is 5. The first-order chi connectivity index (χ1) is 6.68. The Labute approximate surface area is 85.2 Å². The van der Waals surface area contributed by atoms with Gasteiger partial charge in [0, 0.05) is 0 Å². The molecule has 2 aromatic rings. The van der Waals surface area contributed by atoms with Gasteiger partial charge < -0.3 is 9.63 Å². The zero-order valence-corrected chi connectivity index (χ0v) is 8.71. The van der Waals surface area contributed by atoms with Gasteiger partial charge in [-0.25, -0.2) is 0 Å². The Morgan fingerprint density at radius 3 is 2.86 bits per heavy atom. The first kappa shape index (κ1) is 9.36. The number of aliphatic hydroxyl groups excluding tert-OH is 1. The van der Waals surface area contributed by atoms with Crippen LogP contribution in [-0.2, 0) is 0 Å². The van der Waals surface area contributed by atoms with E-state index in [1.54, 1.807) is 18.3 Å². The van der Waals surface area contributed by atoms with Crippen LogP contribution in [0.2, 0.25) is 0 Å². The highest BCUT2D eigenvalue weighted by atomic mass is 32.1. The molecule has 1 N–H and O–H groups in total. The Bertz CT molecular complexity index is 433. The lowest BCUT2D eigenvalue weighted by Crippen LogP contribution is -1.92. The van der Waals surface area contributed by atoms with Gasteiger partial charge in [0.15, 0.2) is 5.82 Å². The minimum absolute atomic E-state index is 0.327. The molecule has 0 saturated heterocycles. The maximum absolute atomic E-state index is 9.22. The summed E-state index contributed by atoms with van der Waals surface area (Å²) in [5.41, 5.74) is 1.11. The molecule has 0 aromatic carbocycles. The highest BCUT2D eigenvalue weighted by molar-refractivity contribution is 7.13. The summed E-state index contributed by atoms with van der Waals surface area (Å²) in [7, 11) is 0. The van der Waals surface area contributed by atoms with Gasteiger partial charge in [0.1, 0.15) is 6.10 Å². The van der Waals surface area contributed by atoms with Gasteiger partial charge in [0.05, 0.1) is 4.88 Å². The van der Waals surface area contributed by atoms with Gasteiger partial charge in [0.2, 0.25) is 0 Å². The molecular weight excluding hydrogens is 200 g/mol. The molecule has 74 valence electrons. The van der Waals surface area contributed by atoms with Crippen LogP contribution in [0.15, 0.2) is 16.0 Å². The van der Waals surface area contributed by atoms with E-state index in [1.165, 1.54) is 0 Å². The molecule has 0 saturated carbocycles. The Hall–Kier alpha value is -1.20. The molecule has 5 heteroatoms. The molecule has 0 amide bonds. The highest BCUT2D eigenvalue weighted by Gasteiger charge is 2.14. The molecule has 0 aliphatic rings. The van der Waals surface area contributed by atoms with Crippen LogP contribution >= 0.6 is 11.3 Å². The van der Waals surface area contributed by atoms with Crippen LogP contribution in [0.3, 0.4) is 0 Å². The van der Waals surface area contributed by atoms with E-state index in [2.05, 4.69) is 10.1 Å². The van der Waals surface area contributed by atoms with Crippen molar-refractivity contribution in [1.29, 1.82) is 0 Å². The Morgan fingerprint density at radius 2 is 2.36 bits per heavy atom. The number of nitrogens with zero attached hydrogens (tertiary/aromatic N) is 2. The molecule has 0 aliphatic heterocycles. The van der Waals surface area contributed by atoms with E-state index in [0.29, 0.717) is 11.7 Å². The molecule has 4 nitrogen and oxygen atoms in total. The third kappa shape index (κ3) is 1.56. The molecule has 1 atom stereocenters. The number of hydrogen-bond donors (Lipinski definition) is 1. The van der Waals surface area contributed by atoms with Gasteiger partial charge in [-0.1, -0.05) is 5.16 Å². The molecule has 2 heterocycles. The summed E-state index contributed by atoms with van der Waals surface area (Å²) in [6.45, 7) is 3.59. The molecule has 0 aliphatic carbocycles. The maximum atomic E-state index is 9.22. The third-order valence-corrected chi connectivity index (χ3v) is 2.88. The smallest absolute Gasteiger partial charge is 0.268 e. The van der Waals surface area contributed by atoms with Crippen molar-refractivity contribution in [3.05, 3.63) is 22.8 Å². The SMILES string of the molecule is Cc1ccsc1-c1nc(C(C)O)no1. The van der Waals surface area contributed by atoms with E-state index < -0.39 is 6.10 Å². The molecule has 0 radical (unpaired) electrons. The summed E-state index contributed by atoms with van der Waals surface area (Å²) in [5.74, 6) is 0.807. The van der Waals surface area contributed by atoms with E-state index in [4.69, 9.17) is 4.52 Å². The fourth-order valence-corrected chi connectivity index (χ4v) is 1.93. The number of aryl methyl sites for hydroxylation is 1. The topological polar surface area (TPSA) is 59.2 Å². The summed E-state index contributed by atoms with van der Waals surface area (Å²) in [6.07, 6.45) is -0.687. The predicted molar refractivity (Wildman–Crippen MR) is 53.0 cm³/mol. The minimum Gasteiger partial charge on any atom is -0.385 e. The normalized spacial score (nSPS) is 13.1. The number of rotatable bonds is 2. The molecule has 14 heavy (non-hydrogen) atoms. The Balaban J connectivity index is 2.39. The van der Waals surface area contributed by atoms with E-state index in [1.807, 2.05) is 18.4 Å². The van der Waals surface area contributed by atoms with E-state index >= 15 is 0 Å². The first-order valence-corrected chi connectivity index (χ1v) is 5.12. The molecule has 2 aromatic heterocycles. The largest absolute Gasteiger partial charge is 0.385 e. The molecular formula is C9H10N2O2S. The Kier molecular flexibility index (Phi) is 2.35. The molecule has 0 bridgehead atoms. The second-order valence-electron chi connectivity index (χ2n) is 3.07. The van der Waals surface area contributed by atoms with Crippen molar-refractivity contribution in [2.24, 2.45) is 0 Å². The van der Waals surface area contributed by atoms with Gasteiger partial charge >= 0.3 is 0 Å². The lowest BCUT2D eigenvalue weighted by atomic mass is 10.3. The van der Waals surface area contributed by atoms with Gasteiger partial charge in [-0.15, -0.1) is 11.3 Å². The maximum Gasteiger partial charge on any atom is 0.268 e. The third-order valence-electron chi connectivity index (χ3n) is 1.87. The minimum atomic E-state index is -0.687. The number of thiophene rings is 1. The average Bonchev–Trinajstić information content (AvgIpc) is 2.71. The lowest BCUT2D eigenvalue weighted by molar-refractivity contribution is 0.184. The highest BCUT2D eigenvalue weighted by Crippen LogP contribution is 2.27. The van der Waals surface area contributed by atoms with E-state index in [0.717, 1.165) is 10.4 Å². The van der Waals surface area contributed by atoms with Gasteiger partial charge in [-0.3, -0.25) is 0 Å². The summed E-state index contributed by atoms with van der Waals surface area (Å²) in [6, 6.07) is 1.99. The predicted octanol–water partition coefficient (Wildman–Crippen LogP) is 2.16. The first-order valence-electron chi connectivity index (χ1n) is 4.24. The van der Waals surface area contributed by atoms with E-state index in [9.17, 15) is 5.11 Å². The van der Waals surface area contributed by atoms with Gasteiger partial charge in [-0.2, -0.15) is 4.98 Å².